The number of esters is 1. The van der Waals surface area contributed by atoms with Crippen molar-refractivity contribution in [3.63, 3.8) is 0 Å². The minimum Gasteiger partial charge on any atom is -0.468 e. The molecule has 0 saturated carbocycles. The molecule has 0 spiro atoms. The van der Waals surface area contributed by atoms with Gasteiger partial charge in [0.1, 0.15) is 11.4 Å². The van der Waals surface area contributed by atoms with Gasteiger partial charge in [0.15, 0.2) is 0 Å². The number of rotatable bonds is 5. The average Bonchev–Trinajstić information content (AvgIpc) is 3.09. The number of hydrogen-bond donors (Lipinski definition) is 2. The first kappa shape index (κ1) is 18.8. The number of carbonyl (C=O) groups excluding carboxylic acids is 3. The van der Waals surface area contributed by atoms with Gasteiger partial charge in [-0.2, -0.15) is 11.8 Å². The van der Waals surface area contributed by atoms with E-state index in [1.54, 1.807) is 11.8 Å². The summed E-state index contributed by atoms with van der Waals surface area (Å²) in [7, 11) is 1.29. The van der Waals surface area contributed by atoms with Crippen LogP contribution in [0.15, 0.2) is 6.07 Å². The van der Waals surface area contributed by atoms with E-state index in [9.17, 15) is 14.4 Å². The molecule has 0 aliphatic carbocycles. The van der Waals surface area contributed by atoms with Crippen molar-refractivity contribution in [3.8, 4) is 0 Å². The second-order valence-corrected chi connectivity index (χ2v) is 7.68. The molecule has 2 fully saturated rings. The molecule has 2 aliphatic rings. The second kappa shape index (κ2) is 6.96. The zero-order valence-corrected chi connectivity index (χ0v) is 16.0. The predicted octanol–water partition coefficient (Wildman–Crippen LogP) is 0.291. The van der Waals surface area contributed by atoms with Gasteiger partial charge in [-0.3, -0.25) is 25.0 Å². The van der Waals surface area contributed by atoms with Gasteiger partial charge >= 0.3 is 5.97 Å². The molecule has 2 aliphatic heterocycles. The number of ether oxygens (including phenoxy) is 1. The van der Waals surface area contributed by atoms with Crippen molar-refractivity contribution < 1.29 is 19.1 Å². The Kier molecular flexibility index (Phi) is 5.03. The zero-order valence-electron chi connectivity index (χ0n) is 15.2. The summed E-state index contributed by atoms with van der Waals surface area (Å²) < 4.78 is 5.02. The summed E-state index contributed by atoms with van der Waals surface area (Å²) in [5.74, 6) is -1.95. The van der Waals surface area contributed by atoms with Gasteiger partial charge in [0.2, 0.25) is 11.8 Å². The van der Waals surface area contributed by atoms with E-state index in [1.807, 2.05) is 26.2 Å². The first-order valence-corrected chi connectivity index (χ1v) is 9.75. The van der Waals surface area contributed by atoms with Crippen LogP contribution < -0.4 is 10.6 Å². The number of nitrogens with one attached hydrogen (secondary N) is 2. The van der Waals surface area contributed by atoms with Gasteiger partial charge in [-0.05, 0) is 38.3 Å². The number of methoxy groups -OCH3 is 1. The molecule has 0 unspecified atom stereocenters. The highest BCUT2D eigenvalue weighted by Gasteiger charge is 2.67. The maximum Gasteiger partial charge on any atom is 0.326 e. The Bertz CT molecular complexity index is 751. The summed E-state index contributed by atoms with van der Waals surface area (Å²) >= 11 is 1.56. The first-order chi connectivity index (χ1) is 12.3. The SMILES string of the molecule is COC(=O)[C@@]1(CCSC)N[C@@H](c2nc(C)cc(C)n2)[C@H]2C(=O)NC(=O)[C@H]21. The molecule has 1 aromatic rings. The maximum atomic E-state index is 12.7. The van der Waals surface area contributed by atoms with E-state index in [2.05, 4.69) is 20.6 Å². The summed E-state index contributed by atoms with van der Waals surface area (Å²) in [6.45, 7) is 3.68. The molecule has 1 aromatic heterocycles. The van der Waals surface area contributed by atoms with Gasteiger partial charge in [0.05, 0.1) is 25.0 Å². The summed E-state index contributed by atoms with van der Waals surface area (Å²) in [6, 6.07) is 1.20. The topological polar surface area (TPSA) is 110 Å². The molecule has 0 radical (unpaired) electrons. The lowest BCUT2D eigenvalue weighted by atomic mass is 9.78. The van der Waals surface area contributed by atoms with Crippen LogP contribution in [-0.2, 0) is 19.1 Å². The average molecular weight is 378 g/mol. The lowest BCUT2D eigenvalue weighted by molar-refractivity contribution is -0.152. The Morgan fingerprint density at radius 2 is 1.92 bits per heavy atom. The number of thioether (sulfide) groups is 1. The fraction of sp³-hybridized carbons (Fsp3) is 0.588. The van der Waals surface area contributed by atoms with Crippen LogP contribution in [0.1, 0.15) is 29.7 Å². The number of hydrogen-bond acceptors (Lipinski definition) is 8. The highest BCUT2D eigenvalue weighted by atomic mass is 32.2. The Labute approximate surface area is 155 Å². The van der Waals surface area contributed by atoms with Crippen molar-refractivity contribution in [2.75, 3.05) is 19.1 Å². The molecule has 2 saturated heterocycles. The third kappa shape index (κ3) is 2.88. The lowest BCUT2D eigenvalue weighted by Crippen LogP contribution is -2.56. The Morgan fingerprint density at radius 3 is 2.50 bits per heavy atom. The molecule has 8 nitrogen and oxygen atoms in total. The van der Waals surface area contributed by atoms with E-state index in [0.29, 0.717) is 18.0 Å². The molecule has 0 bridgehead atoms. The van der Waals surface area contributed by atoms with Crippen molar-refractivity contribution in [1.82, 2.24) is 20.6 Å². The van der Waals surface area contributed by atoms with Gasteiger partial charge in [0, 0.05) is 11.4 Å². The van der Waals surface area contributed by atoms with E-state index < -0.39 is 41.2 Å². The third-order valence-electron chi connectivity index (χ3n) is 5.02. The smallest absolute Gasteiger partial charge is 0.326 e. The minimum atomic E-state index is -1.27. The molecule has 9 heteroatoms. The first-order valence-electron chi connectivity index (χ1n) is 8.36. The quantitative estimate of drug-likeness (QED) is 0.556. The van der Waals surface area contributed by atoms with Crippen LogP contribution >= 0.6 is 11.8 Å². The number of amides is 2. The second-order valence-electron chi connectivity index (χ2n) is 6.69. The van der Waals surface area contributed by atoms with E-state index in [-0.39, 0.29) is 0 Å². The largest absolute Gasteiger partial charge is 0.468 e. The van der Waals surface area contributed by atoms with Gasteiger partial charge in [-0.1, -0.05) is 0 Å². The summed E-state index contributed by atoms with van der Waals surface area (Å²) in [4.78, 5) is 46.7. The van der Waals surface area contributed by atoms with Crippen molar-refractivity contribution >= 4 is 29.5 Å². The molecule has 2 amide bonds. The van der Waals surface area contributed by atoms with E-state index in [1.165, 1.54) is 7.11 Å². The number of nitrogens with zero attached hydrogens (tertiary/aromatic N) is 2. The minimum absolute atomic E-state index is 0.365. The molecule has 2 N–H and O–H groups in total. The summed E-state index contributed by atoms with van der Waals surface area (Å²) in [6.07, 6.45) is 2.28. The predicted molar refractivity (Wildman–Crippen MR) is 95.3 cm³/mol. The fourth-order valence-corrected chi connectivity index (χ4v) is 4.53. The van der Waals surface area contributed by atoms with Crippen LogP contribution in [0, 0.1) is 25.7 Å². The Morgan fingerprint density at radius 1 is 1.27 bits per heavy atom. The van der Waals surface area contributed by atoms with Gasteiger partial charge < -0.3 is 4.74 Å². The lowest BCUT2D eigenvalue weighted by Gasteiger charge is -2.31. The van der Waals surface area contributed by atoms with Crippen LogP contribution in [0.5, 0.6) is 0 Å². The summed E-state index contributed by atoms with van der Waals surface area (Å²) in [5.41, 5.74) is 0.246. The van der Waals surface area contributed by atoms with Gasteiger partial charge in [-0.15, -0.1) is 0 Å². The number of fused-ring (bicyclic) bond motifs is 1. The monoisotopic (exact) mass is 378 g/mol. The van der Waals surface area contributed by atoms with Crippen LogP contribution in [0.25, 0.3) is 0 Å². The van der Waals surface area contributed by atoms with Crippen molar-refractivity contribution in [2.24, 2.45) is 11.8 Å². The summed E-state index contributed by atoms with van der Waals surface area (Å²) in [5, 5.41) is 5.60. The van der Waals surface area contributed by atoms with Gasteiger partial charge in [0.25, 0.3) is 0 Å². The van der Waals surface area contributed by atoms with Gasteiger partial charge in [-0.25, -0.2) is 9.97 Å². The van der Waals surface area contributed by atoms with Crippen LogP contribution in [0.2, 0.25) is 0 Å². The van der Waals surface area contributed by atoms with E-state index in [0.717, 1.165) is 11.4 Å². The number of aryl methyl sites for hydroxylation is 2. The molecule has 26 heavy (non-hydrogen) atoms. The number of imide groups is 1. The highest BCUT2D eigenvalue weighted by Crippen LogP contribution is 2.47. The highest BCUT2D eigenvalue weighted by molar-refractivity contribution is 7.98. The molecular formula is C17H22N4O4S. The number of aromatic nitrogens is 2. The molecule has 0 aromatic carbocycles. The zero-order chi connectivity index (χ0) is 19.1. The molecule has 3 heterocycles. The van der Waals surface area contributed by atoms with Crippen LogP contribution in [-0.4, -0.2) is 52.4 Å². The number of carbonyl (C=O) groups is 3. The maximum absolute atomic E-state index is 12.7. The van der Waals surface area contributed by atoms with Crippen molar-refractivity contribution in [3.05, 3.63) is 23.3 Å². The van der Waals surface area contributed by atoms with Crippen LogP contribution in [0.4, 0.5) is 0 Å². The Balaban J connectivity index is 2.11. The standard InChI is InChI=1S/C17H22N4O4S/c1-8-7-9(2)19-13(18-8)12-10-11(15(23)20-14(10)22)17(21-12,5-6-26-4)16(24)25-3/h7,10-12,21H,5-6H2,1-4H3,(H,20,22,23)/t10-,11-,12+,17-/m0/s1. The molecular weight excluding hydrogens is 356 g/mol. The molecule has 140 valence electrons. The normalized spacial score (nSPS) is 30.2. The fourth-order valence-electron chi connectivity index (χ4n) is 4.01. The molecule has 3 rings (SSSR count). The van der Waals surface area contributed by atoms with E-state index in [4.69, 9.17) is 4.74 Å². The van der Waals surface area contributed by atoms with Crippen molar-refractivity contribution in [2.45, 2.75) is 31.8 Å². The molecule has 4 atom stereocenters. The van der Waals surface area contributed by atoms with E-state index >= 15 is 0 Å². The third-order valence-corrected chi connectivity index (χ3v) is 5.63. The van der Waals surface area contributed by atoms with Crippen molar-refractivity contribution in [1.29, 1.82) is 0 Å². The Hall–Kier alpha value is -2.00. The van der Waals surface area contributed by atoms with Crippen LogP contribution in [0.3, 0.4) is 0 Å².